The van der Waals surface area contributed by atoms with Crippen LogP contribution in [-0.2, 0) is 4.79 Å². The smallest absolute Gasteiger partial charge is 0.248 e. The molecule has 114 valence electrons. The Morgan fingerprint density at radius 3 is 2.59 bits per heavy atom. The first-order valence-electron chi connectivity index (χ1n) is 7.11. The van der Waals surface area contributed by atoms with Gasteiger partial charge in [0, 0.05) is 16.9 Å². The Kier molecular flexibility index (Phi) is 7.07. The second kappa shape index (κ2) is 9.34. The molecule has 0 saturated carbocycles. The largest absolute Gasteiger partial charge is 0.321 e. The highest BCUT2D eigenvalue weighted by molar-refractivity contribution is 7.99. The molecular formula is C18H18ClNOS. The van der Waals surface area contributed by atoms with Crippen molar-refractivity contribution < 1.29 is 4.79 Å². The van der Waals surface area contributed by atoms with E-state index in [2.05, 4.69) is 5.32 Å². The number of halogens is 1. The molecule has 22 heavy (non-hydrogen) atoms. The van der Waals surface area contributed by atoms with Gasteiger partial charge in [0.2, 0.25) is 5.91 Å². The fraction of sp³-hybridized carbons (Fsp3) is 0.167. The highest BCUT2D eigenvalue weighted by Gasteiger charge is 2.04. The first-order valence-corrected chi connectivity index (χ1v) is 8.63. The number of alkyl halides is 1. The van der Waals surface area contributed by atoms with Crippen LogP contribution < -0.4 is 5.32 Å². The number of benzene rings is 2. The Balaban J connectivity index is 1.98. The second-order valence-corrected chi connectivity index (χ2v) is 6.14. The minimum absolute atomic E-state index is 0.130. The van der Waals surface area contributed by atoms with Gasteiger partial charge in [0.15, 0.2) is 0 Å². The van der Waals surface area contributed by atoms with E-state index in [1.807, 2.05) is 54.6 Å². The molecule has 0 aliphatic rings. The van der Waals surface area contributed by atoms with Crippen molar-refractivity contribution in [3.63, 3.8) is 0 Å². The zero-order valence-corrected chi connectivity index (χ0v) is 13.7. The summed E-state index contributed by atoms with van der Waals surface area (Å²) in [7, 11) is 0. The molecule has 0 aliphatic carbocycles. The maximum atomic E-state index is 12.0. The number of para-hydroxylation sites is 1. The molecule has 1 amide bonds. The number of nitrogens with one attached hydrogen (secondary N) is 1. The van der Waals surface area contributed by atoms with Crippen LogP contribution in [0.25, 0.3) is 6.08 Å². The summed E-state index contributed by atoms with van der Waals surface area (Å²) in [6, 6.07) is 17.6. The Morgan fingerprint density at radius 1 is 1.09 bits per heavy atom. The highest BCUT2D eigenvalue weighted by atomic mass is 35.5. The van der Waals surface area contributed by atoms with E-state index in [9.17, 15) is 4.79 Å². The van der Waals surface area contributed by atoms with E-state index >= 15 is 0 Å². The summed E-state index contributed by atoms with van der Waals surface area (Å²) in [6.07, 6.45) is 4.30. The number of carbonyl (C=O) groups excluding carboxylic acids is 1. The zero-order chi connectivity index (χ0) is 15.6. The van der Waals surface area contributed by atoms with Crippen LogP contribution in [0.3, 0.4) is 0 Å². The number of amides is 1. The van der Waals surface area contributed by atoms with E-state index in [-0.39, 0.29) is 5.91 Å². The SMILES string of the molecule is O=C(/C=C\c1ccccc1)Nc1ccccc1SCCCCl. The van der Waals surface area contributed by atoms with E-state index in [0.717, 1.165) is 28.3 Å². The van der Waals surface area contributed by atoms with Crippen LogP contribution in [0.15, 0.2) is 65.6 Å². The second-order valence-electron chi connectivity index (χ2n) is 4.62. The van der Waals surface area contributed by atoms with Gasteiger partial charge < -0.3 is 5.32 Å². The van der Waals surface area contributed by atoms with E-state index < -0.39 is 0 Å². The van der Waals surface area contributed by atoms with Crippen molar-refractivity contribution in [1.82, 2.24) is 0 Å². The molecule has 0 fully saturated rings. The topological polar surface area (TPSA) is 29.1 Å². The van der Waals surface area contributed by atoms with Crippen LogP contribution in [0, 0.1) is 0 Å². The lowest BCUT2D eigenvalue weighted by Gasteiger charge is -2.09. The fourth-order valence-electron chi connectivity index (χ4n) is 1.84. The third kappa shape index (κ3) is 5.58. The zero-order valence-electron chi connectivity index (χ0n) is 12.2. The molecule has 0 aliphatic heterocycles. The molecule has 1 N–H and O–H groups in total. The summed E-state index contributed by atoms with van der Waals surface area (Å²) in [6.45, 7) is 0. The van der Waals surface area contributed by atoms with Gasteiger partial charge in [0.05, 0.1) is 5.69 Å². The van der Waals surface area contributed by atoms with Gasteiger partial charge in [-0.05, 0) is 35.9 Å². The number of hydrogen-bond donors (Lipinski definition) is 1. The quantitative estimate of drug-likeness (QED) is 0.332. The van der Waals surface area contributed by atoms with Crippen molar-refractivity contribution in [3.05, 3.63) is 66.2 Å². The molecule has 2 aromatic carbocycles. The van der Waals surface area contributed by atoms with Crippen molar-refractivity contribution in [1.29, 1.82) is 0 Å². The molecule has 2 aromatic rings. The molecule has 0 aromatic heterocycles. The maximum absolute atomic E-state index is 12.0. The minimum Gasteiger partial charge on any atom is -0.321 e. The molecule has 0 spiro atoms. The summed E-state index contributed by atoms with van der Waals surface area (Å²) >= 11 is 7.40. The van der Waals surface area contributed by atoms with Crippen LogP contribution in [0.5, 0.6) is 0 Å². The normalized spacial score (nSPS) is 10.8. The first kappa shape index (κ1) is 16.7. The molecule has 0 atom stereocenters. The molecule has 0 unspecified atom stereocenters. The number of rotatable bonds is 7. The van der Waals surface area contributed by atoms with E-state index in [1.54, 1.807) is 23.9 Å². The summed E-state index contributed by atoms with van der Waals surface area (Å²) in [4.78, 5) is 13.1. The van der Waals surface area contributed by atoms with Crippen LogP contribution in [0.2, 0.25) is 0 Å². The lowest BCUT2D eigenvalue weighted by atomic mass is 10.2. The van der Waals surface area contributed by atoms with Crippen molar-refractivity contribution in [2.75, 3.05) is 16.9 Å². The average Bonchev–Trinajstić information content (AvgIpc) is 2.56. The van der Waals surface area contributed by atoms with E-state index in [4.69, 9.17) is 11.6 Å². The molecule has 0 heterocycles. The molecule has 4 heteroatoms. The molecule has 2 rings (SSSR count). The predicted molar refractivity (Wildman–Crippen MR) is 96.6 cm³/mol. The third-order valence-corrected chi connectivity index (χ3v) is 4.33. The lowest BCUT2D eigenvalue weighted by molar-refractivity contribution is -0.111. The van der Waals surface area contributed by atoms with Crippen molar-refractivity contribution >= 4 is 41.0 Å². The monoisotopic (exact) mass is 331 g/mol. The summed E-state index contributed by atoms with van der Waals surface area (Å²) in [5, 5.41) is 2.93. The number of hydrogen-bond acceptors (Lipinski definition) is 2. The van der Waals surface area contributed by atoms with Crippen molar-refractivity contribution in [2.24, 2.45) is 0 Å². The Bertz CT molecular complexity index is 628. The number of carbonyl (C=O) groups is 1. The number of thioether (sulfide) groups is 1. The molecular weight excluding hydrogens is 314 g/mol. The Morgan fingerprint density at radius 2 is 1.82 bits per heavy atom. The van der Waals surface area contributed by atoms with Gasteiger partial charge >= 0.3 is 0 Å². The van der Waals surface area contributed by atoms with E-state index in [0.29, 0.717) is 5.88 Å². The van der Waals surface area contributed by atoms with Gasteiger partial charge in [-0.15, -0.1) is 23.4 Å². The molecule has 0 bridgehead atoms. The van der Waals surface area contributed by atoms with Crippen LogP contribution in [-0.4, -0.2) is 17.5 Å². The van der Waals surface area contributed by atoms with Crippen molar-refractivity contribution in [3.8, 4) is 0 Å². The molecule has 0 saturated heterocycles. The van der Waals surface area contributed by atoms with Gasteiger partial charge in [-0.1, -0.05) is 42.5 Å². The maximum Gasteiger partial charge on any atom is 0.248 e. The standard InChI is InChI=1S/C18H18ClNOS/c19-13-6-14-22-17-10-5-4-9-16(17)20-18(21)12-11-15-7-2-1-3-8-15/h1-5,7-12H,6,13-14H2,(H,20,21)/b12-11-. The molecule has 2 nitrogen and oxygen atoms in total. The summed E-state index contributed by atoms with van der Waals surface area (Å²) in [5.41, 5.74) is 1.84. The van der Waals surface area contributed by atoms with Gasteiger partial charge in [-0.3, -0.25) is 4.79 Å². The fourth-order valence-corrected chi connectivity index (χ4v) is 3.09. The number of anilines is 1. The third-order valence-electron chi connectivity index (χ3n) is 2.91. The van der Waals surface area contributed by atoms with Gasteiger partial charge in [0.1, 0.15) is 0 Å². The van der Waals surface area contributed by atoms with Gasteiger partial charge in [-0.25, -0.2) is 0 Å². The van der Waals surface area contributed by atoms with E-state index in [1.165, 1.54) is 0 Å². The van der Waals surface area contributed by atoms with Crippen LogP contribution in [0.1, 0.15) is 12.0 Å². The minimum atomic E-state index is -0.130. The van der Waals surface area contributed by atoms with Crippen LogP contribution >= 0.6 is 23.4 Å². The van der Waals surface area contributed by atoms with Crippen molar-refractivity contribution in [2.45, 2.75) is 11.3 Å². The first-order chi connectivity index (χ1) is 10.8. The summed E-state index contributed by atoms with van der Waals surface area (Å²) in [5.74, 6) is 1.46. The van der Waals surface area contributed by atoms with Gasteiger partial charge in [-0.2, -0.15) is 0 Å². The van der Waals surface area contributed by atoms with Gasteiger partial charge in [0.25, 0.3) is 0 Å². The Hall–Kier alpha value is -1.71. The predicted octanol–water partition coefficient (Wildman–Crippen LogP) is 5.06. The Labute approximate surface area is 140 Å². The summed E-state index contributed by atoms with van der Waals surface area (Å²) < 4.78 is 0. The average molecular weight is 332 g/mol. The molecule has 0 radical (unpaired) electrons. The highest BCUT2D eigenvalue weighted by Crippen LogP contribution is 2.27. The van der Waals surface area contributed by atoms with Crippen LogP contribution in [0.4, 0.5) is 5.69 Å². The lowest BCUT2D eigenvalue weighted by Crippen LogP contribution is -2.08.